The van der Waals surface area contributed by atoms with Crippen molar-refractivity contribution in [2.75, 3.05) is 19.6 Å². The van der Waals surface area contributed by atoms with E-state index in [9.17, 15) is 4.79 Å². The quantitative estimate of drug-likeness (QED) is 0.558. The normalized spacial score (nSPS) is 22.8. The van der Waals surface area contributed by atoms with Gasteiger partial charge in [-0.05, 0) is 25.5 Å². The van der Waals surface area contributed by atoms with Crippen LogP contribution in [0.3, 0.4) is 0 Å². The molecule has 1 saturated heterocycles. The van der Waals surface area contributed by atoms with E-state index in [0.717, 1.165) is 26.1 Å². The third-order valence-corrected chi connectivity index (χ3v) is 2.67. The van der Waals surface area contributed by atoms with Crippen LogP contribution in [-0.4, -0.2) is 36.5 Å². The van der Waals surface area contributed by atoms with Gasteiger partial charge in [-0.2, -0.15) is 0 Å². The summed E-state index contributed by atoms with van der Waals surface area (Å²) in [6.07, 6.45) is 6.69. The van der Waals surface area contributed by atoms with E-state index in [4.69, 9.17) is 0 Å². The Hall–Kier alpha value is -1.09. The van der Waals surface area contributed by atoms with Crippen molar-refractivity contribution in [2.45, 2.75) is 25.3 Å². The van der Waals surface area contributed by atoms with Crippen LogP contribution in [0.5, 0.6) is 0 Å². The van der Waals surface area contributed by atoms with Crippen LogP contribution in [0, 0.1) is 0 Å². The molecule has 1 aliphatic heterocycles. The van der Waals surface area contributed by atoms with E-state index in [2.05, 4.69) is 23.4 Å². The minimum Gasteiger partial charge on any atom is -0.349 e. The van der Waals surface area contributed by atoms with Gasteiger partial charge in [0.05, 0.1) is 0 Å². The summed E-state index contributed by atoms with van der Waals surface area (Å²) in [7, 11) is 0. The van der Waals surface area contributed by atoms with Crippen LogP contribution < -0.4 is 5.32 Å². The molecule has 0 bridgehead atoms. The fourth-order valence-electron chi connectivity index (χ4n) is 1.95. The Labute approximate surface area is 91.8 Å². The van der Waals surface area contributed by atoms with Crippen LogP contribution in [0.1, 0.15) is 19.3 Å². The van der Waals surface area contributed by atoms with Crippen LogP contribution in [-0.2, 0) is 4.79 Å². The molecule has 1 atom stereocenters. The van der Waals surface area contributed by atoms with Gasteiger partial charge >= 0.3 is 0 Å². The molecule has 0 aliphatic carbocycles. The molecule has 1 fully saturated rings. The maximum atomic E-state index is 11.2. The molecule has 1 aliphatic rings. The van der Waals surface area contributed by atoms with Crippen molar-refractivity contribution in [3.63, 3.8) is 0 Å². The third kappa shape index (κ3) is 4.30. The molecular weight excluding hydrogens is 188 g/mol. The average Bonchev–Trinajstić information content (AvgIpc) is 2.44. The molecule has 84 valence electrons. The molecule has 1 unspecified atom stereocenters. The highest BCUT2D eigenvalue weighted by molar-refractivity contribution is 5.87. The van der Waals surface area contributed by atoms with Gasteiger partial charge in [-0.15, -0.1) is 6.58 Å². The molecule has 1 N–H and O–H groups in total. The van der Waals surface area contributed by atoms with Crippen molar-refractivity contribution in [2.24, 2.45) is 0 Å². The van der Waals surface area contributed by atoms with Crippen LogP contribution >= 0.6 is 0 Å². The summed E-state index contributed by atoms with van der Waals surface area (Å²) < 4.78 is 0. The van der Waals surface area contributed by atoms with Crippen molar-refractivity contribution < 1.29 is 4.79 Å². The number of rotatable bonds is 4. The summed E-state index contributed by atoms with van der Waals surface area (Å²) >= 11 is 0. The monoisotopic (exact) mass is 208 g/mol. The molecule has 15 heavy (non-hydrogen) atoms. The lowest BCUT2D eigenvalue weighted by atomic mass is 10.1. The minimum absolute atomic E-state index is 0.0690. The van der Waals surface area contributed by atoms with E-state index in [1.807, 2.05) is 6.08 Å². The van der Waals surface area contributed by atoms with Crippen molar-refractivity contribution in [1.82, 2.24) is 10.2 Å². The van der Waals surface area contributed by atoms with E-state index >= 15 is 0 Å². The zero-order valence-corrected chi connectivity index (χ0v) is 9.24. The first-order chi connectivity index (χ1) is 7.26. The molecule has 1 heterocycles. The first-order valence-electron chi connectivity index (χ1n) is 5.52. The number of nitrogens with one attached hydrogen (secondary N) is 1. The van der Waals surface area contributed by atoms with Gasteiger partial charge in [-0.1, -0.05) is 19.1 Å². The Kier molecular flexibility index (Phi) is 5.12. The molecule has 1 amide bonds. The van der Waals surface area contributed by atoms with Crippen LogP contribution in [0.2, 0.25) is 0 Å². The highest BCUT2D eigenvalue weighted by Crippen LogP contribution is 2.10. The Morgan fingerprint density at radius 2 is 2.27 bits per heavy atom. The number of likely N-dealkylation sites (tertiary alicyclic amines) is 1. The SMILES string of the molecule is C=CCN1CCCCC(NC(=O)C=C)C1. The number of hydrogen-bond acceptors (Lipinski definition) is 2. The molecule has 1 rings (SSSR count). The molecule has 0 aromatic rings. The molecule has 0 radical (unpaired) electrons. The molecule has 3 heteroatoms. The zero-order valence-electron chi connectivity index (χ0n) is 9.24. The predicted octanol–water partition coefficient (Wildman–Crippen LogP) is 1.33. The Balaban J connectivity index is 2.44. The lowest BCUT2D eigenvalue weighted by Crippen LogP contribution is -2.42. The summed E-state index contributed by atoms with van der Waals surface area (Å²) in [5, 5.41) is 2.96. The van der Waals surface area contributed by atoms with Crippen LogP contribution in [0.15, 0.2) is 25.3 Å². The molecule has 0 aromatic heterocycles. The first-order valence-corrected chi connectivity index (χ1v) is 5.52. The predicted molar refractivity (Wildman–Crippen MR) is 62.6 cm³/mol. The van der Waals surface area contributed by atoms with Crippen molar-refractivity contribution >= 4 is 5.91 Å². The Morgan fingerprint density at radius 3 is 2.93 bits per heavy atom. The lowest BCUT2D eigenvalue weighted by molar-refractivity contribution is -0.117. The molecule has 3 nitrogen and oxygen atoms in total. The van der Waals surface area contributed by atoms with Gasteiger partial charge in [0.15, 0.2) is 0 Å². The minimum atomic E-state index is -0.0690. The summed E-state index contributed by atoms with van der Waals surface area (Å²) in [5.41, 5.74) is 0. The van der Waals surface area contributed by atoms with Gasteiger partial charge in [-0.3, -0.25) is 9.69 Å². The molecule has 0 saturated carbocycles. The zero-order chi connectivity index (χ0) is 11.1. The van der Waals surface area contributed by atoms with E-state index < -0.39 is 0 Å². The van der Waals surface area contributed by atoms with Gasteiger partial charge in [0.2, 0.25) is 5.91 Å². The van der Waals surface area contributed by atoms with Gasteiger partial charge in [0.1, 0.15) is 0 Å². The largest absolute Gasteiger partial charge is 0.349 e. The van der Waals surface area contributed by atoms with Gasteiger partial charge in [0.25, 0.3) is 0 Å². The summed E-state index contributed by atoms with van der Waals surface area (Å²) in [4.78, 5) is 13.5. The number of nitrogens with zero attached hydrogens (tertiary/aromatic N) is 1. The van der Waals surface area contributed by atoms with Crippen molar-refractivity contribution in [3.05, 3.63) is 25.3 Å². The van der Waals surface area contributed by atoms with E-state index in [-0.39, 0.29) is 11.9 Å². The topological polar surface area (TPSA) is 32.3 Å². The fourth-order valence-corrected chi connectivity index (χ4v) is 1.95. The van der Waals surface area contributed by atoms with Crippen molar-refractivity contribution in [3.8, 4) is 0 Å². The second-order valence-electron chi connectivity index (χ2n) is 3.95. The summed E-state index contributed by atoms with van der Waals surface area (Å²) in [6, 6.07) is 0.262. The number of hydrogen-bond donors (Lipinski definition) is 1. The maximum absolute atomic E-state index is 11.2. The molecule has 0 aromatic carbocycles. The highest BCUT2D eigenvalue weighted by Gasteiger charge is 2.17. The van der Waals surface area contributed by atoms with Gasteiger partial charge in [0, 0.05) is 19.1 Å². The second-order valence-corrected chi connectivity index (χ2v) is 3.95. The Bertz CT molecular complexity index is 238. The van der Waals surface area contributed by atoms with E-state index in [1.54, 1.807) is 0 Å². The molecular formula is C12H20N2O. The van der Waals surface area contributed by atoms with Crippen LogP contribution in [0.4, 0.5) is 0 Å². The van der Waals surface area contributed by atoms with E-state index in [1.165, 1.54) is 18.9 Å². The lowest BCUT2D eigenvalue weighted by Gasteiger charge is -2.23. The fraction of sp³-hybridized carbons (Fsp3) is 0.583. The Morgan fingerprint density at radius 1 is 1.47 bits per heavy atom. The summed E-state index contributed by atoms with van der Waals surface area (Å²) in [5.74, 6) is -0.0690. The van der Waals surface area contributed by atoms with Gasteiger partial charge in [-0.25, -0.2) is 0 Å². The highest BCUT2D eigenvalue weighted by atomic mass is 16.1. The maximum Gasteiger partial charge on any atom is 0.243 e. The number of amides is 1. The third-order valence-electron chi connectivity index (χ3n) is 2.67. The first kappa shape index (κ1) is 12.0. The number of carbonyl (C=O) groups is 1. The summed E-state index contributed by atoms with van der Waals surface area (Å²) in [6.45, 7) is 10.1. The number of carbonyl (C=O) groups excluding carboxylic acids is 1. The van der Waals surface area contributed by atoms with E-state index in [0.29, 0.717) is 0 Å². The van der Waals surface area contributed by atoms with Crippen LogP contribution in [0.25, 0.3) is 0 Å². The average molecular weight is 208 g/mol. The standard InChI is InChI=1S/C12H20N2O/c1-3-8-14-9-6-5-7-11(10-14)13-12(15)4-2/h3-4,11H,1-2,5-10H2,(H,13,15). The second kappa shape index (κ2) is 6.40. The van der Waals surface area contributed by atoms with Crippen molar-refractivity contribution in [1.29, 1.82) is 0 Å². The molecule has 0 spiro atoms. The van der Waals surface area contributed by atoms with Gasteiger partial charge < -0.3 is 5.32 Å². The smallest absolute Gasteiger partial charge is 0.243 e.